The van der Waals surface area contributed by atoms with Crippen molar-refractivity contribution >= 4 is 23.5 Å². The summed E-state index contributed by atoms with van der Waals surface area (Å²) in [5.74, 6) is -2.05. The second-order valence-electron chi connectivity index (χ2n) is 6.52. The first-order valence-electron chi connectivity index (χ1n) is 9.07. The average Bonchev–Trinajstić information content (AvgIpc) is 3.05. The number of ether oxygens (including phenoxy) is 1. The number of rotatable bonds is 6. The van der Waals surface area contributed by atoms with Crippen LogP contribution in [0.15, 0.2) is 48.5 Å². The van der Waals surface area contributed by atoms with Crippen LogP contribution in [0.25, 0.3) is 0 Å². The summed E-state index contributed by atoms with van der Waals surface area (Å²) in [5.41, 5.74) is 1.00. The van der Waals surface area contributed by atoms with Crippen LogP contribution in [0.5, 0.6) is 0 Å². The normalized spacial score (nSPS) is 16.1. The van der Waals surface area contributed by atoms with Crippen molar-refractivity contribution < 1.29 is 23.5 Å². The van der Waals surface area contributed by atoms with Crippen molar-refractivity contribution in [2.24, 2.45) is 5.92 Å². The van der Waals surface area contributed by atoms with Crippen molar-refractivity contribution in [1.82, 2.24) is 4.90 Å². The third kappa shape index (κ3) is 4.36. The highest BCUT2D eigenvalue weighted by molar-refractivity contribution is 6.03. The number of carbonyl (C=O) groups is 3. The Morgan fingerprint density at radius 3 is 2.64 bits per heavy atom. The van der Waals surface area contributed by atoms with Crippen molar-refractivity contribution in [2.75, 3.05) is 18.5 Å². The minimum absolute atomic E-state index is 0.0435. The topological polar surface area (TPSA) is 75.7 Å². The summed E-state index contributed by atoms with van der Waals surface area (Å²) in [7, 11) is 0. The van der Waals surface area contributed by atoms with Gasteiger partial charge in [-0.05, 0) is 25.1 Å². The van der Waals surface area contributed by atoms with Crippen molar-refractivity contribution in [3.63, 3.8) is 0 Å². The lowest BCUT2D eigenvalue weighted by Crippen LogP contribution is -2.28. The number of halogens is 1. The molecule has 1 saturated heterocycles. The van der Waals surface area contributed by atoms with E-state index in [0.717, 1.165) is 0 Å². The summed E-state index contributed by atoms with van der Waals surface area (Å²) < 4.78 is 18.8. The molecule has 0 aliphatic carbocycles. The zero-order valence-corrected chi connectivity index (χ0v) is 15.5. The van der Waals surface area contributed by atoms with E-state index in [4.69, 9.17) is 4.74 Å². The SMILES string of the molecule is CCOC(=O)c1ccccc1NC(=O)C1CC(=O)N(Cc2ccccc2F)C1. The van der Waals surface area contributed by atoms with Gasteiger partial charge in [0.05, 0.1) is 23.8 Å². The van der Waals surface area contributed by atoms with E-state index in [1.165, 1.54) is 11.0 Å². The van der Waals surface area contributed by atoms with E-state index in [-0.39, 0.29) is 49.3 Å². The highest BCUT2D eigenvalue weighted by atomic mass is 19.1. The van der Waals surface area contributed by atoms with E-state index in [9.17, 15) is 18.8 Å². The number of nitrogens with zero attached hydrogens (tertiary/aromatic N) is 1. The second kappa shape index (κ2) is 8.65. The van der Waals surface area contributed by atoms with Gasteiger partial charge in [0.15, 0.2) is 0 Å². The summed E-state index contributed by atoms with van der Waals surface area (Å²) in [6.45, 7) is 2.24. The number of benzene rings is 2. The first-order valence-corrected chi connectivity index (χ1v) is 9.07. The molecule has 2 aromatic carbocycles. The molecule has 1 aliphatic rings. The molecule has 1 heterocycles. The largest absolute Gasteiger partial charge is 0.462 e. The first kappa shape index (κ1) is 19.5. The van der Waals surface area contributed by atoms with Crippen LogP contribution in [0.3, 0.4) is 0 Å². The van der Waals surface area contributed by atoms with E-state index in [2.05, 4.69) is 5.32 Å². The van der Waals surface area contributed by atoms with E-state index in [0.29, 0.717) is 11.3 Å². The van der Waals surface area contributed by atoms with Gasteiger partial charge in [0.1, 0.15) is 5.82 Å². The Balaban J connectivity index is 1.67. The molecular weight excluding hydrogens is 363 g/mol. The van der Waals surface area contributed by atoms with Gasteiger partial charge in [-0.15, -0.1) is 0 Å². The molecule has 3 rings (SSSR count). The molecule has 146 valence electrons. The number of para-hydroxylation sites is 1. The van der Waals surface area contributed by atoms with Gasteiger partial charge in [-0.25, -0.2) is 9.18 Å². The Bertz CT molecular complexity index is 899. The highest BCUT2D eigenvalue weighted by Crippen LogP contribution is 2.24. The van der Waals surface area contributed by atoms with Gasteiger partial charge in [0.2, 0.25) is 11.8 Å². The van der Waals surface area contributed by atoms with Gasteiger partial charge in [0.25, 0.3) is 0 Å². The standard InChI is InChI=1S/C21H21FN2O4/c1-2-28-21(27)16-8-4-6-10-18(16)23-20(26)15-11-19(25)24(13-15)12-14-7-3-5-9-17(14)22/h3-10,15H,2,11-13H2,1H3,(H,23,26). The molecule has 1 N–H and O–H groups in total. The van der Waals surface area contributed by atoms with E-state index in [1.54, 1.807) is 49.4 Å². The Morgan fingerprint density at radius 1 is 1.18 bits per heavy atom. The van der Waals surface area contributed by atoms with Gasteiger partial charge >= 0.3 is 5.97 Å². The third-order valence-electron chi connectivity index (χ3n) is 4.58. The van der Waals surface area contributed by atoms with E-state index in [1.807, 2.05) is 0 Å². The number of anilines is 1. The number of hydrogen-bond acceptors (Lipinski definition) is 4. The summed E-state index contributed by atoms with van der Waals surface area (Å²) in [6.07, 6.45) is 0.0435. The molecule has 7 heteroatoms. The molecule has 0 spiro atoms. The van der Waals surface area contributed by atoms with Crippen LogP contribution in [0.1, 0.15) is 29.3 Å². The number of carbonyl (C=O) groups excluding carboxylic acids is 3. The molecule has 2 aromatic rings. The zero-order valence-electron chi connectivity index (χ0n) is 15.5. The van der Waals surface area contributed by atoms with Crippen molar-refractivity contribution in [1.29, 1.82) is 0 Å². The van der Waals surface area contributed by atoms with Gasteiger partial charge in [-0.3, -0.25) is 9.59 Å². The smallest absolute Gasteiger partial charge is 0.340 e. The molecule has 1 aliphatic heterocycles. The monoisotopic (exact) mass is 384 g/mol. The van der Waals surface area contributed by atoms with Crippen LogP contribution < -0.4 is 5.32 Å². The van der Waals surface area contributed by atoms with Crippen LogP contribution in [0.4, 0.5) is 10.1 Å². The number of esters is 1. The number of nitrogens with one attached hydrogen (secondary N) is 1. The van der Waals surface area contributed by atoms with Crippen LogP contribution in [0, 0.1) is 11.7 Å². The molecule has 0 saturated carbocycles. The molecule has 1 fully saturated rings. The second-order valence-corrected chi connectivity index (χ2v) is 6.52. The molecule has 28 heavy (non-hydrogen) atoms. The molecule has 1 atom stereocenters. The van der Waals surface area contributed by atoms with Crippen molar-refractivity contribution in [3.8, 4) is 0 Å². The molecule has 0 bridgehead atoms. The Kier molecular flexibility index (Phi) is 6.03. The first-order chi connectivity index (χ1) is 13.5. The van der Waals surface area contributed by atoms with Gasteiger partial charge in [-0.1, -0.05) is 30.3 Å². The van der Waals surface area contributed by atoms with Crippen molar-refractivity contribution in [3.05, 3.63) is 65.5 Å². The minimum atomic E-state index is -0.575. The average molecular weight is 384 g/mol. The summed E-state index contributed by atoms with van der Waals surface area (Å²) in [6, 6.07) is 12.8. The summed E-state index contributed by atoms with van der Waals surface area (Å²) in [5, 5.41) is 2.72. The summed E-state index contributed by atoms with van der Waals surface area (Å²) >= 11 is 0. The molecular formula is C21H21FN2O4. The number of hydrogen-bond donors (Lipinski definition) is 1. The highest BCUT2D eigenvalue weighted by Gasteiger charge is 2.35. The number of likely N-dealkylation sites (tertiary alicyclic amines) is 1. The molecule has 0 aromatic heterocycles. The Labute approximate surface area is 162 Å². The maximum Gasteiger partial charge on any atom is 0.340 e. The van der Waals surface area contributed by atoms with Crippen LogP contribution in [0.2, 0.25) is 0 Å². The molecule has 0 radical (unpaired) electrons. The van der Waals surface area contributed by atoms with Crippen molar-refractivity contribution in [2.45, 2.75) is 19.9 Å². The lowest BCUT2D eigenvalue weighted by Gasteiger charge is -2.17. The maximum atomic E-state index is 13.8. The lowest BCUT2D eigenvalue weighted by atomic mass is 10.1. The molecule has 1 unspecified atom stereocenters. The van der Waals surface area contributed by atoms with Crippen LogP contribution in [-0.4, -0.2) is 35.8 Å². The van der Waals surface area contributed by atoms with E-state index < -0.39 is 11.9 Å². The fraction of sp³-hybridized carbons (Fsp3) is 0.286. The Hall–Kier alpha value is -3.22. The minimum Gasteiger partial charge on any atom is -0.462 e. The zero-order chi connectivity index (χ0) is 20.1. The van der Waals surface area contributed by atoms with Gasteiger partial charge in [-0.2, -0.15) is 0 Å². The molecule has 6 nitrogen and oxygen atoms in total. The predicted octanol–water partition coefficient (Wildman–Crippen LogP) is 2.99. The fourth-order valence-electron chi connectivity index (χ4n) is 3.15. The Morgan fingerprint density at radius 2 is 1.89 bits per heavy atom. The predicted molar refractivity (Wildman–Crippen MR) is 101 cm³/mol. The van der Waals surface area contributed by atoms with Gasteiger partial charge in [0, 0.05) is 25.1 Å². The maximum absolute atomic E-state index is 13.8. The fourth-order valence-corrected chi connectivity index (χ4v) is 3.15. The summed E-state index contributed by atoms with van der Waals surface area (Å²) in [4.78, 5) is 38.4. The number of amides is 2. The van der Waals surface area contributed by atoms with Gasteiger partial charge < -0.3 is 15.0 Å². The third-order valence-corrected chi connectivity index (χ3v) is 4.58. The van der Waals surface area contributed by atoms with Crippen LogP contribution >= 0.6 is 0 Å². The molecule has 2 amide bonds. The lowest BCUT2D eigenvalue weighted by molar-refractivity contribution is -0.128. The van der Waals surface area contributed by atoms with Crippen LogP contribution in [-0.2, 0) is 20.9 Å². The van der Waals surface area contributed by atoms with E-state index >= 15 is 0 Å². The quantitative estimate of drug-likeness (QED) is 0.777.